The number of halogens is 2. The van der Waals surface area contributed by atoms with Gasteiger partial charge < -0.3 is 19.3 Å². The predicted octanol–water partition coefficient (Wildman–Crippen LogP) is 3.91. The summed E-state index contributed by atoms with van der Waals surface area (Å²) in [5.41, 5.74) is 1.01. The van der Waals surface area contributed by atoms with E-state index < -0.39 is 10.0 Å². The fourth-order valence-corrected chi connectivity index (χ4v) is 7.54. The van der Waals surface area contributed by atoms with Crippen LogP contribution in [0.4, 0.5) is 5.69 Å². The molecule has 36 heavy (non-hydrogen) atoms. The molecule has 2 aliphatic rings. The van der Waals surface area contributed by atoms with Gasteiger partial charge in [-0.1, -0.05) is 47.8 Å². The molecule has 0 saturated carbocycles. The zero-order valence-corrected chi connectivity index (χ0v) is 22.6. The third-order valence-electron chi connectivity index (χ3n) is 6.65. The molecule has 2 fully saturated rings. The Morgan fingerprint density at radius 1 is 0.972 bits per heavy atom. The van der Waals surface area contributed by atoms with Gasteiger partial charge >= 0.3 is 0 Å². The molecule has 11 heteroatoms. The van der Waals surface area contributed by atoms with Gasteiger partial charge in [-0.3, -0.25) is 4.79 Å². The van der Waals surface area contributed by atoms with Crippen molar-refractivity contribution >= 4 is 44.8 Å². The van der Waals surface area contributed by atoms with Crippen LogP contribution in [-0.2, 0) is 19.6 Å². The summed E-state index contributed by atoms with van der Waals surface area (Å²) in [6.07, 6.45) is 2.27. The summed E-state index contributed by atoms with van der Waals surface area (Å²) in [4.78, 5) is 16.7. The van der Waals surface area contributed by atoms with Crippen LogP contribution in [0.3, 0.4) is 0 Å². The summed E-state index contributed by atoms with van der Waals surface area (Å²) in [5.74, 6) is 0.708. The van der Waals surface area contributed by atoms with Crippen LogP contribution in [0.2, 0.25) is 10.0 Å². The molecule has 0 radical (unpaired) electrons. The second kappa shape index (κ2) is 12.0. The smallest absolute Gasteiger partial charge is 0.248 e. The maximum absolute atomic E-state index is 13.4. The molecular formula is C25H31Cl2N3O5S. The Bertz CT molecular complexity index is 1150. The lowest BCUT2D eigenvalue weighted by Gasteiger charge is -2.37. The number of carbonyl (C=O) groups excluding carboxylic acids is 1. The molecule has 2 aromatic carbocycles. The molecule has 0 spiro atoms. The van der Waals surface area contributed by atoms with E-state index in [-0.39, 0.29) is 40.1 Å². The Morgan fingerprint density at radius 3 is 2.36 bits per heavy atom. The van der Waals surface area contributed by atoms with Crippen LogP contribution in [-0.4, -0.2) is 82.6 Å². The first-order valence-corrected chi connectivity index (χ1v) is 14.2. The fourth-order valence-electron chi connectivity index (χ4n) is 4.76. The number of anilines is 1. The first-order chi connectivity index (χ1) is 17.3. The standard InChI is InChI=1S/C25H31Cl2N3O5S/c1-34-23-11-3-2-10-22(23)28-13-15-29(16-14-28)24(31)18-35-17-19-7-4-5-12-30(19)36(32,33)25-20(26)8-6-9-21(25)27/h2-3,6,8-11,19H,4-5,7,12-18H2,1H3. The molecule has 0 bridgehead atoms. The minimum atomic E-state index is -3.90. The van der Waals surface area contributed by atoms with Crippen molar-refractivity contribution in [1.29, 1.82) is 0 Å². The first kappa shape index (κ1) is 27.0. The van der Waals surface area contributed by atoms with Crippen molar-refractivity contribution in [2.75, 3.05) is 57.9 Å². The molecule has 1 unspecified atom stereocenters. The Kier molecular flexibility index (Phi) is 9.00. The van der Waals surface area contributed by atoms with Gasteiger partial charge in [0.1, 0.15) is 17.3 Å². The SMILES string of the molecule is COc1ccccc1N1CCN(C(=O)COCC2CCCCN2S(=O)(=O)c2c(Cl)cccc2Cl)CC1. The van der Waals surface area contributed by atoms with Gasteiger partial charge in [-0.05, 0) is 37.1 Å². The fraction of sp³-hybridized carbons (Fsp3) is 0.480. The highest BCUT2D eigenvalue weighted by molar-refractivity contribution is 7.89. The van der Waals surface area contributed by atoms with Crippen LogP contribution in [0.1, 0.15) is 19.3 Å². The quantitative estimate of drug-likeness (QED) is 0.491. The molecule has 1 amide bonds. The van der Waals surface area contributed by atoms with Gasteiger partial charge in [-0.15, -0.1) is 0 Å². The second-order valence-electron chi connectivity index (χ2n) is 8.87. The zero-order valence-electron chi connectivity index (χ0n) is 20.2. The van der Waals surface area contributed by atoms with Crippen LogP contribution in [0, 0.1) is 0 Å². The van der Waals surface area contributed by atoms with E-state index in [1.54, 1.807) is 18.1 Å². The predicted molar refractivity (Wildman–Crippen MR) is 141 cm³/mol. The number of ether oxygens (including phenoxy) is 2. The van der Waals surface area contributed by atoms with E-state index in [0.29, 0.717) is 39.1 Å². The molecule has 4 rings (SSSR count). The number of hydrogen-bond acceptors (Lipinski definition) is 6. The average Bonchev–Trinajstić information content (AvgIpc) is 2.88. The highest BCUT2D eigenvalue weighted by Gasteiger charge is 2.36. The Balaban J connectivity index is 1.32. The second-order valence-corrected chi connectivity index (χ2v) is 11.5. The molecule has 2 aromatic rings. The van der Waals surface area contributed by atoms with E-state index in [1.807, 2.05) is 24.3 Å². The van der Waals surface area contributed by atoms with Crippen molar-refractivity contribution in [1.82, 2.24) is 9.21 Å². The maximum atomic E-state index is 13.4. The number of amides is 1. The van der Waals surface area contributed by atoms with Crippen LogP contribution in [0.5, 0.6) is 5.75 Å². The number of hydrogen-bond donors (Lipinski definition) is 0. The van der Waals surface area contributed by atoms with Crippen molar-refractivity contribution in [2.45, 2.75) is 30.2 Å². The van der Waals surface area contributed by atoms with Gasteiger partial charge in [0.05, 0.1) is 29.4 Å². The number of methoxy groups -OCH3 is 1. The van der Waals surface area contributed by atoms with Crippen molar-refractivity contribution in [2.24, 2.45) is 0 Å². The van der Waals surface area contributed by atoms with Crippen molar-refractivity contribution in [3.8, 4) is 5.75 Å². The van der Waals surface area contributed by atoms with Crippen molar-refractivity contribution in [3.63, 3.8) is 0 Å². The van der Waals surface area contributed by atoms with E-state index in [1.165, 1.54) is 16.4 Å². The number of rotatable bonds is 8. The Morgan fingerprint density at radius 2 is 1.67 bits per heavy atom. The Hall–Kier alpha value is -2.04. The Labute approximate surface area is 222 Å². The van der Waals surface area contributed by atoms with Gasteiger partial charge in [0.15, 0.2) is 0 Å². The van der Waals surface area contributed by atoms with E-state index in [4.69, 9.17) is 32.7 Å². The molecular weight excluding hydrogens is 525 g/mol. The molecule has 2 aliphatic heterocycles. The molecule has 8 nitrogen and oxygen atoms in total. The molecule has 2 saturated heterocycles. The van der Waals surface area contributed by atoms with Gasteiger partial charge in [-0.2, -0.15) is 4.31 Å². The first-order valence-electron chi connectivity index (χ1n) is 12.0. The molecule has 1 atom stereocenters. The van der Waals surface area contributed by atoms with Crippen LogP contribution < -0.4 is 9.64 Å². The van der Waals surface area contributed by atoms with Crippen LogP contribution >= 0.6 is 23.2 Å². The highest BCUT2D eigenvalue weighted by Crippen LogP contribution is 2.34. The van der Waals surface area contributed by atoms with Crippen LogP contribution in [0.25, 0.3) is 0 Å². The largest absolute Gasteiger partial charge is 0.495 e. The minimum absolute atomic E-state index is 0.0794. The van der Waals surface area contributed by atoms with E-state index in [2.05, 4.69) is 4.90 Å². The van der Waals surface area contributed by atoms with E-state index in [9.17, 15) is 13.2 Å². The summed E-state index contributed by atoms with van der Waals surface area (Å²) >= 11 is 12.4. The van der Waals surface area contributed by atoms with Gasteiger partial charge in [0.25, 0.3) is 0 Å². The minimum Gasteiger partial charge on any atom is -0.495 e. The number of sulfonamides is 1. The third kappa shape index (κ3) is 5.92. The number of carbonyl (C=O) groups is 1. The third-order valence-corrected chi connectivity index (χ3v) is 9.56. The van der Waals surface area contributed by atoms with Crippen molar-refractivity contribution < 1.29 is 22.7 Å². The summed E-state index contributed by atoms with van der Waals surface area (Å²) in [7, 11) is -2.25. The number of piperidine rings is 1. The summed E-state index contributed by atoms with van der Waals surface area (Å²) in [6, 6.07) is 12.1. The lowest BCUT2D eigenvalue weighted by Crippen LogP contribution is -2.50. The number of piperazine rings is 1. The van der Waals surface area contributed by atoms with Crippen molar-refractivity contribution in [3.05, 3.63) is 52.5 Å². The average molecular weight is 557 g/mol. The van der Waals surface area contributed by atoms with Gasteiger partial charge in [0.2, 0.25) is 15.9 Å². The summed E-state index contributed by atoms with van der Waals surface area (Å²) in [5, 5.41) is 0.186. The molecule has 2 heterocycles. The maximum Gasteiger partial charge on any atom is 0.248 e. The summed E-state index contributed by atoms with van der Waals surface area (Å²) < 4.78 is 39.4. The molecule has 0 aliphatic carbocycles. The number of benzene rings is 2. The zero-order chi connectivity index (χ0) is 25.7. The highest BCUT2D eigenvalue weighted by atomic mass is 35.5. The lowest BCUT2D eigenvalue weighted by atomic mass is 10.1. The van der Waals surface area contributed by atoms with Gasteiger partial charge in [-0.25, -0.2) is 8.42 Å². The number of nitrogens with zero attached hydrogens (tertiary/aromatic N) is 3. The molecule has 196 valence electrons. The van der Waals surface area contributed by atoms with Crippen LogP contribution in [0.15, 0.2) is 47.4 Å². The molecule has 0 aromatic heterocycles. The lowest BCUT2D eigenvalue weighted by molar-refractivity contribution is -0.137. The molecule has 0 N–H and O–H groups in total. The van der Waals surface area contributed by atoms with Gasteiger partial charge in [0, 0.05) is 38.8 Å². The van der Waals surface area contributed by atoms with E-state index >= 15 is 0 Å². The number of para-hydroxylation sites is 2. The summed E-state index contributed by atoms with van der Waals surface area (Å²) in [6.45, 7) is 2.94. The topological polar surface area (TPSA) is 79.4 Å². The monoisotopic (exact) mass is 555 g/mol. The van der Waals surface area contributed by atoms with E-state index in [0.717, 1.165) is 24.3 Å². The normalized spacial score (nSPS) is 19.4.